The van der Waals surface area contributed by atoms with Crippen molar-refractivity contribution >= 4 is 23.2 Å². The van der Waals surface area contributed by atoms with Gasteiger partial charge in [-0.3, -0.25) is 0 Å². The topological polar surface area (TPSA) is 0 Å². The Morgan fingerprint density at radius 2 is 0.633 bits per heavy atom. The van der Waals surface area contributed by atoms with Crippen LogP contribution in [0.2, 0.25) is 0 Å². The third-order valence-electron chi connectivity index (χ3n) is 10.2. The Hall–Kier alpha value is -0.740. The molecule has 3 aromatic rings. The van der Waals surface area contributed by atoms with Crippen LogP contribution in [0.4, 0.5) is 0 Å². The molecule has 0 N–H and O–H groups in total. The summed E-state index contributed by atoms with van der Waals surface area (Å²) in [5, 5.41) is 4.39. The van der Waals surface area contributed by atoms with Crippen molar-refractivity contribution in [2.75, 3.05) is 32.8 Å². The second kappa shape index (κ2) is 30.8. The molecule has 0 unspecified atom stereocenters. The molecule has 0 aliphatic heterocycles. The van der Waals surface area contributed by atoms with E-state index < -0.39 is 7.26 Å². The van der Waals surface area contributed by atoms with E-state index in [9.17, 15) is 0 Å². The Balaban J connectivity index is 0.000000916. The number of hydrogen-bond donors (Lipinski definition) is 0. The zero-order chi connectivity index (χ0) is 33.9. The number of benzene rings is 3. The van der Waals surface area contributed by atoms with E-state index in [1.807, 2.05) is 0 Å². The van der Waals surface area contributed by atoms with Gasteiger partial charge in [-0.05, 0) is 81.8 Å². The van der Waals surface area contributed by atoms with E-state index in [4.69, 9.17) is 0 Å². The van der Waals surface area contributed by atoms with E-state index in [0.29, 0.717) is 0 Å². The maximum Gasteiger partial charge on any atom is 0.111 e. The maximum absolute atomic E-state index is 2.56. The molecule has 0 bridgehead atoms. The van der Waals surface area contributed by atoms with Crippen LogP contribution in [-0.2, 0) is 0 Å². The van der Waals surface area contributed by atoms with Crippen molar-refractivity contribution in [2.45, 2.75) is 143 Å². The number of rotatable bonds is 25. The molecular weight excluding hydrogens is 792 g/mol. The number of halogens is 2. The highest BCUT2D eigenvalue weighted by atomic mass is 127. The minimum absolute atomic E-state index is 0. The third-order valence-corrected chi connectivity index (χ3v) is 14.7. The third kappa shape index (κ3) is 19.1. The molecule has 0 radical (unpaired) electrons. The molecule has 49 heavy (non-hydrogen) atoms. The summed E-state index contributed by atoms with van der Waals surface area (Å²) in [5.74, 6) is 0. The van der Waals surface area contributed by atoms with Gasteiger partial charge in [0.1, 0.15) is 23.2 Å². The van der Waals surface area contributed by atoms with Gasteiger partial charge < -0.3 is 45.4 Å². The van der Waals surface area contributed by atoms with Gasteiger partial charge in [-0.2, -0.15) is 0 Å². The molecular formula is C45H74BrINP. The summed E-state index contributed by atoms with van der Waals surface area (Å²) in [4.78, 5) is 0. The van der Waals surface area contributed by atoms with Gasteiger partial charge in [0.15, 0.2) is 0 Å². The van der Waals surface area contributed by atoms with Gasteiger partial charge in [0.25, 0.3) is 0 Å². The monoisotopic (exact) mass is 865 g/mol. The summed E-state index contributed by atoms with van der Waals surface area (Å²) in [5.41, 5.74) is 0. The molecule has 278 valence electrons. The fraction of sp³-hybridized carbons (Fsp3) is 0.600. The van der Waals surface area contributed by atoms with Gasteiger partial charge in [-0.25, -0.2) is 0 Å². The maximum atomic E-state index is 2.56. The highest BCUT2D eigenvalue weighted by Crippen LogP contribution is 2.54. The molecule has 1 nitrogen and oxygen atoms in total. The van der Waals surface area contributed by atoms with Crippen LogP contribution in [0, 0.1) is 0 Å². The molecule has 0 amide bonds. The summed E-state index contributed by atoms with van der Waals surface area (Å²) in [7, 11) is 1.03. The van der Waals surface area contributed by atoms with Crippen LogP contribution >= 0.6 is 7.26 Å². The van der Waals surface area contributed by atoms with Crippen molar-refractivity contribution in [1.82, 2.24) is 0 Å². The van der Waals surface area contributed by atoms with E-state index in [1.165, 1.54) is 156 Å². The summed E-state index contributed by atoms with van der Waals surface area (Å²) in [6.45, 7) is 13.5. The Bertz CT molecular complexity index is 973. The Labute approximate surface area is 333 Å². The van der Waals surface area contributed by atoms with Crippen molar-refractivity contribution in [3.05, 3.63) is 91.0 Å². The van der Waals surface area contributed by atoms with Crippen LogP contribution in [0.3, 0.4) is 0 Å². The van der Waals surface area contributed by atoms with Crippen LogP contribution in [0.1, 0.15) is 143 Å². The molecule has 0 fully saturated rings. The molecule has 0 saturated heterocycles. The molecule has 0 aliphatic rings. The van der Waals surface area contributed by atoms with Gasteiger partial charge >= 0.3 is 0 Å². The van der Waals surface area contributed by atoms with Crippen LogP contribution in [0.5, 0.6) is 0 Å². The summed E-state index contributed by atoms with van der Waals surface area (Å²) >= 11 is 0. The fourth-order valence-corrected chi connectivity index (χ4v) is 11.2. The molecule has 0 aliphatic carbocycles. The van der Waals surface area contributed by atoms with Gasteiger partial charge in [-0.1, -0.05) is 152 Å². The Morgan fingerprint density at radius 1 is 0.388 bits per heavy atom. The van der Waals surface area contributed by atoms with E-state index in [0.717, 1.165) is 6.16 Å². The average molecular weight is 867 g/mol. The van der Waals surface area contributed by atoms with Crippen LogP contribution in [0.25, 0.3) is 0 Å². The summed E-state index contributed by atoms with van der Waals surface area (Å²) < 4.78 is 1.36. The number of hydrogen-bond acceptors (Lipinski definition) is 0. The first-order valence-corrected chi connectivity index (χ1v) is 21.9. The lowest BCUT2D eigenvalue weighted by molar-refractivity contribution is -0.910. The van der Waals surface area contributed by atoms with Crippen LogP contribution in [0.15, 0.2) is 91.0 Å². The minimum Gasteiger partial charge on any atom is -1.00 e. The normalized spacial score (nSPS) is 11.2. The predicted molar refractivity (Wildman–Crippen MR) is 217 cm³/mol. The minimum atomic E-state index is -1.53. The number of unbranched alkanes of at least 4 members (excludes halogenated alkanes) is 15. The van der Waals surface area contributed by atoms with E-state index in [2.05, 4.69) is 126 Å². The van der Waals surface area contributed by atoms with Gasteiger partial charge in [0, 0.05) is 0 Å². The summed E-state index contributed by atoms with van der Waals surface area (Å²) in [6, 6.07) is 33.0. The lowest BCUT2D eigenvalue weighted by atomic mass is 10.1. The van der Waals surface area contributed by atoms with Crippen molar-refractivity contribution in [1.29, 1.82) is 0 Å². The molecule has 0 aromatic heterocycles. The fourth-order valence-electron chi connectivity index (χ4n) is 7.20. The number of quaternary nitrogens is 1. The SMILES string of the molecule is CCCCCCCC[N+](C)(CCCCCCCC)CCCCCCCC.CC[P+](c1ccccc1)(c1ccccc1)c1ccccc1.[Br-].[I-]. The lowest BCUT2D eigenvalue weighted by Gasteiger charge is -2.35. The van der Waals surface area contributed by atoms with Crippen molar-refractivity contribution < 1.29 is 45.4 Å². The molecule has 0 atom stereocenters. The van der Waals surface area contributed by atoms with Crippen molar-refractivity contribution in [2.24, 2.45) is 0 Å². The van der Waals surface area contributed by atoms with Gasteiger partial charge in [0.2, 0.25) is 0 Å². The smallest absolute Gasteiger partial charge is 0.111 e. The highest BCUT2D eigenvalue weighted by molar-refractivity contribution is 7.95. The Kier molecular flexibility index (Phi) is 30.4. The lowest BCUT2D eigenvalue weighted by Crippen LogP contribution is -3.00. The first kappa shape index (κ1) is 48.3. The molecule has 3 aromatic carbocycles. The van der Waals surface area contributed by atoms with E-state index in [-0.39, 0.29) is 41.0 Å². The van der Waals surface area contributed by atoms with Crippen LogP contribution < -0.4 is 56.9 Å². The molecule has 0 spiro atoms. The highest BCUT2D eigenvalue weighted by Gasteiger charge is 2.43. The standard InChI is InChI=1S/C25H54N.C20H20P.BrH.HI/c1-5-8-11-14-17-20-23-26(4,24-21-18-15-12-9-6-2)25-22-19-16-13-10-7-3;1-2-21(18-12-6-3-7-13-18,19-14-8-4-9-15-19)20-16-10-5-11-17-20;;/h5-25H2,1-4H3;3-17H,2H2,1H3;2*1H/q2*+1;;/p-2. The number of nitrogens with zero attached hydrogens (tertiary/aromatic N) is 1. The average Bonchev–Trinajstić information content (AvgIpc) is 3.12. The second-order valence-corrected chi connectivity index (χ2v) is 18.0. The van der Waals surface area contributed by atoms with Crippen molar-refractivity contribution in [3.63, 3.8) is 0 Å². The molecule has 3 rings (SSSR count). The van der Waals surface area contributed by atoms with Gasteiger partial charge in [-0.15, -0.1) is 0 Å². The zero-order valence-electron chi connectivity index (χ0n) is 32.4. The second-order valence-electron chi connectivity index (χ2n) is 14.2. The molecule has 0 saturated carbocycles. The van der Waals surface area contributed by atoms with Crippen LogP contribution in [-0.4, -0.2) is 37.3 Å². The summed E-state index contributed by atoms with van der Waals surface area (Å²) in [6.07, 6.45) is 27.0. The van der Waals surface area contributed by atoms with Crippen molar-refractivity contribution in [3.8, 4) is 0 Å². The quantitative estimate of drug-likeness (QED) is 0.0394. The van der Waals surface area contributed by atoms with E-state index >= 15 is 0 Å². The molecule has 0 heterocycles. The largest absolute Gasteiger partial charge is 1.00 e. The van der Waals surface area contributed by atoms with Gasteiger partial charge in [0.05, 0.1) is 32.8 Å². The molecule has 4 heteroatoms. The zero-order valence-corrected chi connectivity index (χ0v) is 37.0. The predicted octanol–water partition coefficient (Wildman–Crippen LogP) is 6.52. The van der Waals surface area contributed by atoms with E-state index in [1.54, 1.807) is 0 Å². The first-order valence-electron chi connectivity index (χ1n) is 19.9. The Morgan fingerprint density at radius 3 is 0.878 bits per heavy atom. The first-order chi connectivity index (χ1) is 23.1.